The summed E-state index contributed by atoms with van der Waals surface area (Å²) < 4.78 is 1.60. The summed E-state index contributed by atoms with van der Waals surface area (Å²) in [6.45, 7) is 3.23. The van der Waals surface area contributed by atoms with Crippen molar-refractivity contribution in [2.24, 2.45) is 0 Å². The third-order valence-electron chi connectivity index (χ3n) is 5.42. The van der Waals surface area contributed by atoms with Crippen LogP contribution in [0.5, 0.6) is 0 Å². The molecule has 31 heavy (non-hydrogen) atoms. The Morgan fingerprint density at radius 2 is 1.90 bits per heavy atom. The molecule has 0 spiro atoms. The molecule has 8 heteroatoms. The van der Waals surface area contributed by atoms with Crippen molar-refractivity contribution in [1.29, 1.82) is 0 Å². The van der Waals surface area contributed by atoms with Crippen LogP contribution in [0, 0.1) is 0 Å². The highest BCUT2D eigenvalue weighted by molar-refractivity contribution is 6.31. The first kappa shape index (κ1) is 21.3. The van der Waals surface area contributed by atoms with Gasteiger partial charge in [-0.25, -0.2) is 9.67 Å². The molecule has 1 amide bonds. The molecule has 3 aromatic rings. The van der Waals surface area contributed by atoms with Crippen LogP contribution in [0.2, 0.25) is 5.02 Å². The highest BCUT2D eigenvalue weighted by atomic mass is 35.5. The molecule has 1 fully saturated rings. The summed E-state index contributed by atoms with van der Waals surface area (Å²) in [5.41, 5.74) is 3.78. The highest BCUT2D eigenvalue weighted by Gasteiger charge is 2.13. The predicted octanol–water partition coefficient (Wildman–Crippen LogP) is 3.98. The lowest BCUT2D eigenvalue weighted by atomic mass is 10.1. The second-order valence-corrected chi connectivity index (χ2v) is 8.37. The lowest BCUT2D eigenvalue weighted by Gasteiger charge is -2.29. The van der Waals surface area contributed by atoms with Gasteiger partial charge in [0.15, 0.2) is 0 Å². The molecule has 1 aliphatic heterocycles. The number of aromatic nitrogens is 3. The van der Waals surface area contributed by atoms with Crippen LogP contribution in [0.3, 0.4) is 0 Å². The molecule has 4 rings (SSSR count). The maximum atomic E-state index is 12.7. The zero-order valence-electron chi connectivity index (χ0n) is 17.7. The van der Waals surface area contributed by atoms with E-state index in [2.05, 4.69) is 44.6 Å². The molecule has 0 atom stereocenters. The van der Waals surface area contributed by atoms with Crippen LogP contribution in [-0.4, -0.2) is 52.3 Å². The second kappa shape index (κ2) is 9.94. The van der Waals surface area contributed by atoms with E-state index in [1.165, 1.54) is 36.8 Å². The monoisotopic (exact) mass is 438 g/mol. The lowest BCUT2D eigenvalue weighted by molar-refractivity contribution is -0.117. The average molecular weight is 439 g/mol. The number of anilines is 2. The molecular formula is C23H27ClN6O. The lowest BCUT2D eigenvalue weighted by Crippen LogP contribution is -2.30. The topological polar surface area (TPSA) is 66.3 Å². The van der Waals surface area contributed by atoms with Crippen LogP contribution < -0.4 is 10.2 Å². The number of likely N-dealkylation sites (N-methyl/N-ethyl adjacent to an activating group) is 1. The van der Waals surface area contributed by atoms with Crippen molar-refractivity contribution >= 4 is 28.9 Å². The number of nitrogens with one attached hydrogen (secondary N) is 1. The van der Waals surface area contributed by atoms with Gasteiger partial charge < -0.3 is 10.2 Å². The maximum absolute atomic E-state index is 12.7. The van der Waals surface area contributed by atoms with Crippen LogP contribution >= 0.6 is 11.6 Å². The summed E-state index contributed by atoms with van der Waals surface area (Å²) >= 11 is 6.13. The van der Waals surface area contributed by atoms with E-state index in [9.17, 15) is 4.79 Å². The minimum atomic E-state index is -0.115. The Hall–Kier alpha value is -2.90. The minimum absolute atomic E-state index is 0.115. The van der Waals surface area contributed by atoms with Crippen molar-refractivity contribution in [2.75, 3.05) is 36.9 Å². The highest BCUT2D eigenvalue weighted by Crippen LogP contribution is 2.24. The molecule has 2 heterocycles. The Morgan fingerprint density at radius 1 is 1.13 bits per heavy atom. The van der Waals surface area contributed by atoms with Crippen LogP contribution in [0.25, 0.3) is 5.69 Å². The molecule has 0 radical (unpaired) electrons. The van der Waals surface area contributed by atoms with E-state index in [-0.39, 0.29) is 12.5 Å². The largest absolute Gasteiger partial charge is 0.372 e. The zero-order valence-corrected chi connectivity index (χ0v) is 18.4. The number of rotatable bonds is 7. The normalized spacial score (nSPS) is 14.1. The van der Waals surface area contributed by atoms with Gasteiger partial charge in [0, 0.05) is 30.3 Å². The summed E-state index contributed by atoms with van der Waals surface area (Å²) in [6, 6.07) is 14.0. The van der Waals surface area contributed by atoms with E-state index in [0.717, 1.165) is 13.1 Å². The molecule has 1 saturated heterocycles. The molecular weight excluding hydrogens is 412 g/mol. The van der Waals surface area contributed by atoms with Gasteiger partial charge in [-0.2, -0.15) is 5.10 Å². The van der Waals surface area contributed by atoms with E-state index in [4.69, 9.17) is 11.6 Å². The van der Waals surface area contributed by atoms with Crippen LogP contribution in [0.4, 0.5) is 11.4 Å². The van der Waals surface area contributed by atoms with E-state index in [1.54, 1.807) is 29.2 Å². The van der Waals surface area contributed by atoms with Crippen molar-refractivity contribution in [3.8, 4) is 5.69 Å². The Morgan fingerprint density at radius 3 is 2.61 bits per heavy atom. The first-order chi connectivity index (χ1) is 15.1. The van der Waals surface area contributed by atoms with Crippen molar-refractivity contribution in [3.63, 3.8) is 0 Å². The summed E-state index contributed by atoms with van der Waals surface area (Å²) in [5, 5.41) is 7.63. The van der Waals surface area contributed by atoms with E-state index >= 15 is 0 Å². The molecule has 1 N–H and O–H groups in total. The first-order valence-corrected chi connectivity index (χ1v) is 10.9. The first-order valence-electron chi connectivity index (χ1n) is 10.6. The van der Waals surface area contributed by atoms with Gasteiger partial charge in [-0.05, 0) is 62.2 Å². The van der Waals surface area contributed by atoms with Gasteiger partial charge in [0.25, 0.3) is 0 Å². The smallest absolute Gasteiger partial charge is 0.238 e. The third kappa shape index (κ3) is 5.62. The Bertz CT molecular complexity index is 999. The number of carbonyl (C=O) groups excluding carboxylic acids is 1. The quantitative estimate of drug-likeness (QED) is 0.604. The Balaban J connectivity index is 1.34. The Kier molecular flexibility index (Phi) is 6.84. The number of nitrogens with zero attached hydrogens (tertiary/aromatic N) is 5. The van der Waals surface area contributed by atoms with Gasteiger partial charge >= 0.3 is 0 Å². The molecule has 2 aromatic carbocycles. The molecule has 1 aromatic heterocycles. The average Bonchev–Trinajstić information content (AvgIpc) is 3.29. The van der Waals surface area contributed by atoms with Gasteiger partial charge in [-0.15, -0.1) is 0 Å². The number of halogens is 1. The maximum Gasteiger partial charge on any atom is 0.238 e. The molecule has 162 valence electrons. The molecule has 0 saturated carbocycles. The standard InChI is InChI=1S/C23H27ClN6O/c1-28(14-18-5-8-20(9-6-18)29-11-3-2-4-12-29)15-23(31)27-21-13-19(24)7-10-22(21)30-17-25-16-26-30/h5-10,13,16-17H,2-4,11-12,14-15H2,1H3,(H,27,31). The van der Waals surface area contributed by atoms with E-state index in [1.807, 2.05) is 11.9 Å². The number of benzene rings is 2. The van der Waals surface area contributed by atoms with Gasteiger partial charge in [0.1, 0.15) is 12.7 Å². The fourth-order valence-electron chi connectivity index (χ4n) is 3.91. The summed E-state index contributed by atoms with van der Waals surface area (Å²) in [7, 11) is 1.94. The molecule has 0 aliphatic carbocycles. The minimum Gasteiger partial charge on any atom is -0.372 e. The fourth-order valence-corrected chi connectivity index (χ4v) is 4.08. The number of amides is 1. The number of hydrogen-bond donors (Lipinski definition) is 1. The Labute approximate surface area is 187 Å². The summed E-state index contributed by atoms with van der Waals surface area (Å²) in [4.78, 5) is 21.1. The van der Waals surface area contributed by atoms with Crippen LogP contribution in [0.15, 0.2) is 55.1 Å². The molecule has 7 nitrogen and oxygen atoms in total. The molecule has 0 bridgehead atoms. The van der Waals surface area contributed by atoms with Crippen LogP contribution in [-0.2, 0) is 11.3 Å². The molecule has 1 aliphatic rings. The SMILES string of the molecule is CN(CC(=O)Nc1cc(Cl)ccc1-n1cncn1)Cc1ccc(N2CCCCC2)cc1. The third-order valence-corrected chi connectivity index (χ3v) is 5.66. The second-order valence-electron chi connectivity index (χ2n) is 7.94. The van der Waals surface area contributed by atoms with Gasteiger partial charge in [0.2, 0.25) is 5.91 Å². The zero-order chi connectivity index (χ0) is 21.6. The molecule has 0 unspecified atom stereocenters. The van der Waals surface area contributed by atoms with Crippen molar-refractivity contribution in [3.05, 3.63) is 65.7 Å². The van der Waals surface area contributed by atoms with Crippen molar-refractivity contribution < 1.29 is 4.79 Å². The van der Waals surface area contributed by atoms with Crippen molar-refractivity contribution in [2.45, 2.75) is 25.8 Å². The van der Waals surface area contributed by atoms with Crippen LogP contribution in [0.1, 0.15) is 24.8 Å². The van der Waals surface area contributed by atoms with Gasteiger partial charge in [-0.1, -0.05) is 23.7 Å². The van der Waals surface area contributed by atoms with Gasteiger partial charge in [-0.3, -0.25) is 9.69 Å². The number of carbonyl (C=O) groups is 1. The summed E-state index contributed by atoms with van der Waals surface area (Å²) in [5.74, 6) is -0.115. The van der Waals surface area contributed by atoms with E-state index in [0.29, 0.717) is 22.9 Å². The van der Waals surface area contributed by atoms with Gasteiger partial charge in [0.05, 0.1) is 17.9 Å². The van der Waals surface area contributed by atoms with E-state index < -0.39 is 0 Å². The predicted molar refractivity (Wildman–Crippen MR) is 124 cm³/mol. The number of piperidine rings is 1. The summed E-state index contributed by atoms with van der Waals surface area (Å²) in [6.07, 6.45) is 6.90. The van der Waals surface area contributed by atoms with Crippen molar-refractivity contribution in [1.82, 2.24) is 19.7 Å². The number of hydrogen-bond acceptors (Lipinski definition) is 5. The fraction of sp³-hybridized carbons (Fsp3) is 0.348.